The molecule has 0 aromatic carbocycles. The molecule has 1 amide bonds. The van der Waals surface area contributed by atoms with Crippen molar-refractivity contribution in [3.63, 3.8) is 0 Å². The molecule has 118 valence electrons. The van der Waals surface area contributed by atoms with Gasteiger partial charge in [-0.3, -0.25) is 4.79 Å². The van der Waals surface area contributed by atoms with Crippen LogP contribution in [0.1, 0.15) is 28.9 Å². The van der Waals surface area contributed by atoms with Gasteiger partial charge in [0.15, 0.2) is 0 Å². The second kappa shape index (κ2) is 6.89. The van der Waals surface area contributed by atoms with Gasteiger partial charge in [-0.1, -0.05) is 0 Å². The normalized spacial score (nSPS) is 15.8. The molecule has 0 saturated heterocycles. The highest BCUT2D eigenvalue weighted by Crippen LogP contribution is 2.50. The molecule has 2 rings (SSSR count). The Bertz CT molecular complexity index is 513. The number of hydrogen-bond acceptors (Lipinski definition) is 6. The fraction of sp³-hybridized carbons (Fsp3) is 0.643. The molecule has 1 fully saturated rings. The first-order chi connectivity index (χ1) is 10.1. The van der Waals surface area contributed by atoms with Crippen LogP contribution in [0.3, 0.4) is 0 Å². The quantitative estimate of drug-likeness (QED) is 0.639. The number of carbonyl (C=O) groups excluding carboxylic acids is 1. The van der Waals surface area contributed by atoms with E-state index in [0.29, 0.717) is 16.0 Å². The molecule has 0 radical (unpaired) electrons. The Balaban J connectivity index is 2.08. The van der Waals surface area contributed by atoms with E-state index >= 15 is 0 Å². The molecule has 0 unspecified atom stereocenters. The van der Waals surface area contributed by atoms with E-state index in [9.17, 15) is 4.79 Å². The van der Waals surface area contributed by atoms with Gasteiger partial charge in [-0.15, -0.1) is 23.1 Å². The van der Waals surface area contributed by atoms with Gasteiger partial charge in [0.05, 0.1) is 10.6 Å². The summed E-state index contributed by atoms with van der Waals surface area (Å²) in [6.07, 6.45) is 5.53. The number of nitrogens with one attached hydrogen (secondary N) is 2. The van der Waals surface area contributed by atoms with E-state index in [1.165, 1.54) is 24.2 Å². The van der Waals surface area contributed by atoms with Crippen molar-refractivity contribution in [1.29, 1.82) is 0 Å². The Morgan fingerprint density at radius 2 is 2.24 bits per heavy atom. The zero-order chi connectivity index (χ0) is 15.5. The topological polar surface area (TPSA) is 76.4 Å². The van der Waals surface area contributed by atoms with Crippen LogP contribution in [0.15, 0.2) is 4.90 Å². The monoisotopic (exact) mass is 329 g/mol. The molecule has 5 nitrogen and oxygen atoms in total. The van der Waals surface area contributed by atoms with E-state index in [4.69, 9.17) is 10.5 Å². The molecular weight excluding hydrogens is 306 g/mol. The van der Waals surface area contributed by atoms with E-state index < -0.39 is 0 Å². The third kappa shape index (κ3) is 3.64. The fourth-order valence-electron chi connectivity index (χ4n) is 2.31. The summed E-state index contributed by atoms with van der Waals surface area (Å²) in [7, 11) is 3.36. The number of carbonyl (C=O) groups is 1. The molecule has 1 heterocycles. The Labute approximate surface area is 134 Å². The number of thioether (sulfide) groups is 1. The average Bonchev–Trinajstić information content (AvgIpc) is 3.20. The Hall–Kier alpha value is -0.920. The second-order valence-corrected chi connectivity index (χ2v) is 7.22. The lowest BCUT2D eigenvalue weighted by atomic mass is 10.0. The molecule has 1 saturated carbocycles. The Morgan fingerprint density at radius 3 is 2.76 bits per heavy atom. The third-order valence-corrected chi connectivity index (χ3v) is 6.08. The SMILES string of the molecule is CNC(=O)c1sc(NCC2(CCOC)CC2)c(SC)c1N. The minimum atomic E-state index is -0.124. The van der Waals surface area contributed by atoms with E-state index in [0.717, 1.165) is 29.5 Å². The number of thiophene rings is 1. The summed E-state index contributed by atoms with van der Waals surface area (Å²) in [5, 5.41) is 7.14. The zero-order valence-corrected chi connectivity index (χ0v) is 14.4. The number of rotatable bonds is 8. The average molecular weight is 329 g/mol. The van der Waals surface area contributed by atoms with Crippen molar-refractivity contribution in [2.75, 3.05) is 44.6 Å². The molecule has 0 atom stereocenters. The maximum absolute atomic E-state index is 11.8. The molecular formula is C14H23N3O2S2. The predicted molar refractivity (Wildman–Crippen MR) is 90.6 cm³/mol. The van der Waals surface area contributed by atoms with Gasteiger partial charge in [0.1, 0.15) is 9.88 Å². The molecule has 1 aromatic heterocycles. The lowest BCUT2D eigenvalue weighted by Gasteiger charge is -2.16. The van der Waals surface area contributed by atoms with Gasteiger partial charge in [-0.25, -0.2) is 0 Å². The van der Waals surface area contributed by atoms with Crippen molar-refractivity contribution in [3.05, 3.63) is 4.88 Å². The summed E-state index contributed by atoms with van der Waals surface area (Å²) in [5.41, 5.74) is 7.03. The summed E-state index contributed by atoms with van der Waals surface area (Å²) >= 11 is 3.01. The highest BCUT2D eigenvalue weighted by molar-refractivity contribution is 7.99. The molecule has 0 bridgehead atoms. The first-order valence-corrected chi connectivity index (χ1v) is 9.02. The van der Waals surface area contributed by atoms with Crippen LogP contribution in [0, 0.1) is 5.41 Å². The summed E-state index contributed by atoms with van der Waals surface area (Å²) in [4.78, 5) is 13.4. The number of nitrogen functional groups attached to an aromatic ring is 1. The number of amides is 1. The lowest BCUT2D eigenvalue weighted by Crippen LogP contribution is -2.17. The largest absolute Gasteiger partial charge is 0.396 e. The molecule has 4 N–H and O–H groups in total. The highest BCUT2D eigenvalue weighted by atomic mass is 32.2. The van der Waals surface area contributed by atoms with Crippen LogP contribution in [0.5, 0.6) is 0 Å². The summed E-state index contributed by atoms with van der Waals surface area (Å²) in [6.45, 7) is 1.71. The number of ether oxygens (including phenoxy) is 1. The smallest absolute Gasteiger partial charge is 0.263 e. The molecule has 1 aliphatic rings. The van der Waals surface area contributed by atoms with Crippen molar-refractivity contribution in [1.82, 2.24) is 5.32 Å². The molecule has 7 heteroatoms. The first kappa shape index (κ1) is 16.5. The maximum Gasteiger partial charge on any atom is 0.263 e. The number of methoxy groups -OCH3 is 1. The van der Waals surface area contributed by atoms with Crippen LogP contribution in [0.4, 0.5) is 10.7 Å². The minimum absolute atomic E-state index is 0.124. The molecule has 1 aliphatic carbocycles. The summed E-state index contributed by atoms with van der Waals surface area (Å²) in [5.74, 6) is -0.124. The van der Waals surface area contributed by atoms with Crippen LogP contribution in [0.2, 0.25) is 0 Å². The number of nitrogens with two attached hydrogens (primary N) is 1. The van der Waals surface area contributed by atoms with Crippen LogP contribution in [-0.4, -0.2) is 39.5 Å². The van der Waals surface area contributed by atoms with Crippen LogP contribution in [-0.2, 0) is 4.74 Å². The van der Waals surface area contributed by atoms with Crippen LogP contribution in [0.25, 0.3) is 0 Å². The van der Waals surface area contributed by atoms with Gasteiger partial charge in [0, 0.05) is 27.3 Å². The van der Waals surface area contributed by atoms with Crippen molar-refractivity contribution >= 4 is 39.7 Å². The summed E-state index contributed by atoms with van der Waals surface area (Å²) in [6, 6.07) is 0. The maximum atomic E-state index is 11.8. The third-order valence-electron chi connectivity index (χ3n) is 3.95. The van der Waals surface area contributed by atoms with Gasteiger partial charge in [0.2, 0.25) is 0 Å². The first-order valence-electron chi connectivity index (χ1n) is 6.98. The van der Waals surface area contributed by atoms with E-state index in [-0.39, 0.29) is 5.91 Å². The summed E-state index contributed by atoms with van der Waals surface area (Å²) < 4.78 is 5.18. The van der Waals surface area contributed by atoms with E-state index in [1.54, 1.807) is 25.9 Å². The van der Waals surface area contributed by atoms with Crippen molar-refractivity contribution in [2.24, 2.45) is 5.41 Å². The van der Waals surface area contributed by atoms with Crippen LogP contribution >= 0.6 is 23.1 Å². The molecule has 1 aromatic rings. The van der Waals surface area contributed by atoms with Crippen molar-refractivity contribution in [3.8, 4) is 0 Å². The van der Waals surface area contributed by atoms with Crippen molar-refractivity contribution < 1.29 is 9.53 Å². The van der Waals surface area contributed by atoms with Crippen LogP contribution < -0.4 is 16.4 Å². The highest BCUT2D eigenvalue weighted by Gasteiger charge is 2.42. The van der Waals surface area contributed by atoms with Crippen molar-refractivity contribution in [2.45, 2.75) is 24.2 Å². The fourth-order valence-corrected chi connectivity index (χ4v) is 4.29. The van der Waals surface area contributed by atoms with Gasteiger partial charge >= 0.3 is 0 Å². The Kier molecular flexibility index (Phi) is 5.40. The van der Waals surface area contributed by atoms with Gasteiger partial charge in [-0.2, -0.15) is 0 Å². The molecule has 21 heavy (non-hydrogen) atoms. The van der Waals surface area contributed by atoms with Gasteiger partial charge in [0.25, 0.3) is 5.91 Å². The number of hydrogen-bond donors (Lipinski definition) is 3. The predicted octanol–water partition coefficient (Wildman–Crippen LogP) is 2.64. The molecule has 0 spiro atoms. The molecule has 0 aliphatic heterocycles. The van der Waals surface area contributed by atoms with E-state index in [2.05, 4.69) is 10.6 Å². The standard InChI is InChI=1S/C14H23N3O2S2/c1-16-12(18)10-9(15)11(20-3)13(21-10)17-8-14(4-5-14)6-7-19-2/h17H,4-8,15H2,1-3H3,(H,16,18). The zero-order valence-electron chi connectivity index (χ0n) is 12.7. The lowest BCUT2D eigenvalue weighted by molar-refractivity contribution is 0.0968. The minimum Gasteiger partial charge on any atom is -0.396 e. The second-order valence-electron chi connectivity index (χ2n) is 5.38. The van der Waals surface area contributed by atoms with Gasteiger partial charge < -0.3 is 21.1 Å². The van der Waals surface area contributed by atoms with Gasteiger partial charge in [-0.05, 0) is 30.9 Å². The number of anilines is 2. The Morgan fingerprint density at radius 1 is 1.52 bits per heavy atom. The van der Waals surface area contributed by atoms with E-state index in [1.807, 2.05) is 6.26 Å².